The minimum Gasteiger partial charge on any atom is -0.191 e. The van der Waals surface area contributed by atoms with E-state index in [1.165, 1.54) is 128 Å². The Balaban J connectivity index is 1.78. The van der Waals surface area contributed by atoms with Gasteiger partial charge in [0.15, 0.2) is 0 Å². The molecule has 0 aromatic carbocycles. The molecule has 2 rings (SSSR count). The van der Waals surface area contributed by atoms with Gasteiger partial charge in [0.1, 0.15) is 0 Å². The summed E-state index contributed by atoms with van der Waals surface area (Å²) in [5.74, 6) is 0. The van der Waals surface area contributed by atoms with Crippen molar-refractivity contribution in [1.82, 2.24) is 0 Å². The van der Waals surface area contributed by atoms with Gasteiger partial charge in [-0.1, -0.05) is 103 Å². The molecule has 0 aromatic heterocycles. The Bertz CT molecular complexity index is 259. The Morgan fingerprint density at radius 1 is 0.292 bits per heavy atom. The molecule has 0 radical (unpaired) electrons. The van der Waals surface area contributed by atoms with Gasteiger partial charge in [-0.05, 0) is 25.7 Å². The summed E-state index contributed by atoms with van der Waals surface area (Å²) in [4.78, 5) is 0. The molecule has 2 heteroatoms. The second-order valence-electron chi connectivity index (χ2n) is 8.35. The van der Waals surface area contributed by atoms with Gasteiger partial charge < -0.3 is 0 Å². The topological polar surface area (TPSA) is 24.7 Å². The molecule has 0 aliphatic heterocycles. The summed E-state index contributed by atoms with van der Waals surface area (Å²) in [5.41, 5.74) is 0. The van der Waals surface area contributed by atoms with E-state index >= 15 is 0 Å². The number of azo groups is 1. The lowest BCUT2D eigenvalue weighted by molar-refractivity contribution is 0.447. The van der Waals surface area contributed by atoms with Crippen LogP contribution in [0.3, 0.4) is 0 Å². The van der Waals surface area contributed by atoms with Gasteiger partial charge in [-0.3, -0.25) is 0 Å². The lowest BCUT2D eigenvalue weighted by Crippen LogP contribution is -2.08. The van der Waals surface area contributed by atoms with E-state index in [4.69, 9.17) is 10.2 Å². The first-order valence-electron chi connectivity index (χ1n) is 11.3. The van der Waals surface area contributed by atoms with Crippen LogP contribution in [0.2, 0.25) is 0 Å². The summed E-state index contributed by atoms with van der Waals surface area (Å²) in [6.45, 7) is 0. The predicted octanol–water partition coefficient (Wildman–Crippen LogP) is 8.01. The smallest absolute Gasteiger partial charge is 0.0708 e. The van der Waals surface area contributed by atoms with Crippen LogP contribution in [0.25, 0.3) is 0 Å². The molecule has 24 heavy (non-hydrogen) atoms. The molecule has 2 nitrogen and oxygen atoms in total. The fraction of sp³-hybridized carbons (Fsp3) is 1.00. The van der Waals surface area contributed by atoms with Crippen LogP contribution >= 0.6 is 0 Å². The molecule has 0 bridgehead atoms. The Morgan fingerprint density at radius 2 is 0.500 bits per heavy atom. The number of hydrogen-bond acceptors (Lipinski definition) is 2. The number of nitrogens with zero attached hydrogens (tertiary/aromatic N) is 2. The van der Waals surface area contributed by atoms with Gasteiger partial charge in [0.2, 0.25) is 0 Å². The molecule has 0 N–H and O–H groups in total. The zero-order chi connectivity index (χ0) is 16.7. The molecule has 0 unspecified atom stereocenters. The maximum absolute atomic E-state index is 4.89. The van der Waals surface area contributed by atoms with Crippen LogP contribution in [0.15, 0.2) is 10.2 Å². The van der Waals surface area contributed by atoms with Crippen molar-refractivity contribution >= 4 is 0 Å². The highest BCUT2D eigenvalue weighted by Crippen LogP contribution is 2.22. The normalized spacial score (nSPS) is 25.8. The molecule has 2 aliphatic carbocycles. The van der Waals surface area contributed by atoms with Crippen molar-refractivity contribution in [3.63, 3.8) is 0 Å². The summed E-state index contributed by atoms with van der Waals surface area (Å²) >= 11 is 0. The zero-order valence-corrected chi connectivity index (χ0v) is 16.2. The molecule has 2 fully saturated rings. The fourth-order valence-corrected chi connectivity index (χ4v) is 4.35. The zero-order valence-electron chi connectivity index (χ0n) is 16.2. The van der Waals surface area contributed by atoms with Crippen molar-refractivity contribution in [2.24, 2.45) is 10.2 Å². The van der Waals surface area contributed by atoms with Crippen molar-refractivity contribution in [2.75, 3.05) is 0 Å². The van der Waals surface area contributed by atoms with Crippen LogP contribution in [-0.4, -0.2) is 12.1 Å². The van der Waals surface area contributed by atoms with Crippen molar-refractivity contribution < 1.29 is 0 Å². The van der Waals surface area contributed by atoms with Crippen molar-refractivity contribution in [3.05, 3.63) is 0 Å². The van der Waals surface area contributed by atoms with Gasteiger partial charge in [0.05, 0.1) is 12.1 Å². The van der Waals surface area contributed by atoms with E-state index in [0.29, 0.717) is 12.1 Å². The van der Waals surface area contributed by atoms with Gasteiger partial charge in [-0.25, -0.2) is 0 Å². The van der Waals surface area contributed by atoms with Gasteiger partial charge in [0, 0.05) is 0 Å². The van der Waals surface area contributed by atoms with E-state index in [-0.39, 0.29) is 0 Å². The van der Waals surface area contributed by atoms with E-state index in [1.807, 2.05) is 0 Å². The van der Waals surface area contributed by atoms with Crippen LogP contribution < -0.4 is 0 Å². The molecule has 140 valence electrons. The molecule has 0 spiro atoms. The first-order chi connectivity index (χ1) is 11.9. The highest BCUT2D eigenvalue weighted by Gasteiger charge is 2.12. The first-order valence-corrected chi connectivity index (χ1v) is 11.3. The molecular formula is C22H42N2. The molecule has 0 aromatic rings. The molecule has 0 atom stereocenters. The van der Waals surface area contributed by atoms with Crippen LogP contribution in [0, 0.1) is 0 Å². The average molecular weight is 335 g/mol. The summed E-state index contributed by atoms with van der Waals surface area (Å²) in [5, 5.41) is 9.77. The lowest BCUT2D eigenvalue weighted by atomic mass is 10.0. The van der Waals surface area contributed by atoms with Gasteiger partial charge in [-0.2, -0.15) is 10.2 Å². The minimum absolute atomic E-state index is 0.529. The van der Waals surface area contributed by atoms with Gasteiger partial charge >= 0.3 is 0 Å². The maximum Gasteiger partial charge on any atom is 0.0708 e. The molecule has 0 saturated heterocycles. The lowest BCUT2D eigenvalue weighted by Gasteiger charge is -2.14. The quantitative estimate of drug-likeness (QED) is 0.457. The summed E-state index contributed by atoms with van der Waals surface area (Å²) in [7, 11) is 0. The van der Waals surface area contributed by atoms with E-state index in [2.05, 4.69) is 0 Å². The summed E-state index contributed by atoms with van der Waals surface area (Å²) < 4.78 is 0. The Labute approximate surface area is 151 Å². The SMILES string of the molecule is C1CCCCCC(N=NC2CCCCCCCCCC2)CCCC1. The fourth-order valence-electron chi connectivity index (χ4n) is 4.35. The third-order valence-corrected chi connectivity index (χ3v) is 6.04. The standard InChI is InChI=1S/C22H42N2/c1-2-6-10-14-18-21(17-13-9-5-1)23-24-22-19-15-11-7-3-4-8-12-16-20-22/h21-22H,1-20H2. The molecule has 0 heterocycles. The summed E-state index contributed by atoms with van der Waals surface area (Å²) in [6.07, 6.45) is 27.8. The van der Waals surface area contributed by atoms with E-state index in [9.17, 15) is 0 Å². The van der Waals surface area contributed by atoms with Crippen LogP contribution in [-0.2, 0) is 0 Å². The van der Waals surface area contributed by atoms with Crippen LogP contribution in [0.5, 0.6) is 0 Å². The van der Waals surface area contributed by atoms with E-state index < -0.39 is 0 Å². The third-order valence-electron chi connectivity index (χ3n) is 6.04. The van der Waals surface area contributed by atoms with Crippen LogP contribution in [0.4, 0.5) is 0 Å². The highest BCUT2D eigenvalue weighted by atomic mass is 15.1. The largest absolute Gasteiger partial charge is 0.191 e. The Hall–Kier alpha value is -0.400. The molecular weight excluding hydrogens is 292 g/mol. The van der Waals surface area contributed by atoms with Crippen molar-refractivity contribution in [3.8, 4) is 0 Å². The second kappa shape index (κ2) is 13.8. The first kappa shape index (κ1) is 19.9. The number of hydrogen-bond donors (Lipinski definition) is 0. The van der Waals surface area contributed by atoms with Crippen LogP contribution in [0.1, 0.15) is 128 Å². The maximum atomic E-state index is 4.89. The predicted molar refractivity (Wildman–Crippen MR) is 105 cm³/mol. The summed E-state index contributed by atoms with van der Waals surface area (Å²) in [6, 6.07) is 1.06. The third kappa shape index (κ3) is 9.79. The molecule has 2 aliphatic rings. The molecule has 2 saturated carbocycles. The highest BCUT2D eigenvalue weighted by molar-refractivity contribution is 4.71. The average Bonchev–Trinajstić information content (AvgIpc) is 2.70. The molecule has 0 amide bonds. The number of rotatable bonds is 2. The Morgan fingerprint density at radius 3 is 0.750 bits per heavy atom. The van der Waals surface area contributed by atoms with Gasteiger partial charge in [0.25, 0.3) is 0 Å². The second-order valence-corrected chi connectivity index (χ2v) is 8.35. The monoisotopic (exact) mass is 334 g/mol. The Kier molecular flexibility index (Phi) is 11.5. The van der Waals surface area contributed by atoms with E-state index in [1.54, 1.807) is 0 Å². The van der Waals surface area contributed by atoms with Crippen molar-refractivity contribution in [1.29, 1.82) is 0 Å². The minimum atomic E-state index is 0.529. The van der Waals surface area contributed by atoms with E-state index in [0.717, 1.165) is 0 Å². The van der Waals surface area contributed by atoms with Gasteiger partial charge in [-0.15, -0.1) is 0 Å². The van der Waals surface area contributed by atoms with Crippen molar-refractivity contribution in [2.45, 2.75) is 141 Å².